The number of amides is 2. The fraction of sp³-hybridized carbons (Fsp3) is 0.324. The third-order valence-electron chi connectivity index (χ3n) is 7.68. The maximum atomic E-state index is 12.7. The van der Waals surface area contributed by atoms with Crippen LogP contribution < -0.4 is 21.1 Å². The number of primary amides is 1. The van der Waals surface area contributed by atoms with Gasteiger partial charge in [-0.2, -0.15) is 0 Å². The number of thiophene rings is 1. The molecule has 14 heteroatoms. The quantitative estimate of drug-likeness (QED) is 0.0821. The van der Waals surface area contributed by atoms with Crippen molar-refractivity contribution >= 4 is 57.8 Å². The molecule has 0 aliphatic rings. The molecule has 5 rings (SSSR count). The number of anilines is 1. The number of halogens is 1. The van der Waals surface area contributed by atoms with Gasteiger partial charge in [-0.3, -0.25) is 9.36 Å². The highest BCUT2D eigenvalue weighted by Gasteiger charge is 2.28. The number of pyridine rings is 1. The molecule has 0 spiro atoms. The lowest BCUT2D eigenvalue weighted by Crippen LogP contribution is -2.47. The van der Waals surface area contributed by atoms with Crippen molar-refractivity contribution in [3.05, 3.63) is 88.7 Å². The molecule has 51 heavy (non-hydrogen) atoms. The minimum absolute atomic E-state index is 0.0687. The zero-order valence-electron chi connectivity index (χ0n) is 29.2. The summed E-state index contributed by atoms with van der Waals surface area (Å²) in [4.78, 5) is 46.6. The maximum absolute atomic E-state index is 12.7. The van der Waals surface area contributed by atoms with Crippen molar-refractivity contribution in [3.8, 4) is 21.9 Å². The highest BCUT2D eigenvalue weighted by Crippen LogP contribution is 2.37. The first-order chi connectivity index (χ1) is 24.2. The summed E-state index contributed by atoms with van der Waals surface area (Å²) in [6, 6.07) is 18.0. The first-order valence-corrected chi connectivity index (χ1v) is 17.6. The number of hydrogen-bond donors (Lipinski definition) is 3. The number of carbonyl (C=O) groups is 3. The van der Waals surface area contributed by atoms with Crippen molar-refractivity contribution in [2.45, 2.75) is 59.3 Å². The number of fused-ring (bicyclic) bond motifs is 1. The monoisotopic (exact) mass is 732 g/mol. The number of benzene rings is 2. The summed E-state index contributed by atoms with van der Waals surface area (Å²) < 4.78 is 18.8. The molecule has 2 aromatic carbocycles. The van der Waals surface area contributed by atoms with Crippen LogP contribution in [0.25, 0.3) is 27.2 Å². The van der Waals surface area contributed by atoms with Gasteiger partial charge in [0, 0.05) is 22.8 Å². The molecule has 3 aromatic heterocycles. The predicted molar refractivity (Wildman–Crippen MR) is 199 cm³/mol. The normalized spacial score (nSPS) is 12.7. The molecule has 2 unspecified atom stereocenters. The number of rotatable bonds is 13. The van der Waals surface area contributed by atoms with Crippen LogP contribution in [-0.4, -0.2) is 57.3 Å². The average molecular weight is 733 g/mol. The van der Waals surface area contributed by atoms with Gasteiger partial charge >= 0.3 is 12.1 Å². The van der Waals surface area contributed by atoms with Gasteiger partial charge in [0.05, 0.1) is 17.6 Å². The van der Waals surface area contributed by atoms with E-state index in [9.17, 15) is 14.4 Å². The number of nitrogens with two attached hydrogens (primary N) is 1. The van der Waals surface area contributed by atoms with E-state index >= 15 is 0 Å². The molecule has 2 amide bonds. The van der Waals surface area contributed by atoms with E-state index in [2.05, 4.69) is 20.6 Å². The van der Waals surface area contributed by atoms with Crippen LogP contribution >= 0.6 is 22.9 Å². The van der Waals surface area contributed by atoms with Crippen molar-refractivity contribution < 1.29 is 28.6 Å². The Morgan fingerprint density at radius 3 is 2.45 bits per heavy atom. The highest BCUT2D eigenvalue weighted by molar-refractivity contribution is 7.16. The van der Waals surface area contributed by atoms with Crippen LogP contribution in [0.5, 0.6) is 5.75 Å². The molecule has 0 aliphatic heterocycles. The van der Waals surface area contributed by atoms with Gasteiger partial charge < -0.3 is 30.6 Å². The number of carbonyl (C=O) groups excluding carboxylic acids is 3. The van der Waals surface area contributed by atoms with Crippen LogP contribution in [0, 0.1) is 5.92 Å². The van der Waals surface area contributed by atoms with E-state index < -0.39 is 35.7 Å². The van der Waals surface area contributed by atoms with Gasteiger partial charge in [-0.25, -0.2) is 19.6 Å². The molecule has 5 aromatic rings. The van der Waals surface area contributed by atoms with Crippen LogP contribution in [0.1, 0.15) is 62.9 Å². The molecular formula is C37H41ClN6O6S. The second-order valence-corrected chi connectivity index (χ2v) is 14.6. The van der Waals surface area contributed by atoms with Crippen molar-refractivity contribution in [2.75, 3.05) is 18.5 Å². The summed E-state index contributed by atoms with van der Waals surface area (Å²) in [6.45, 7) is 11.1. The van der Waals surface area contributed by atoms with E-state index in [0.29, 0.717) is 28.0 Å². The second kappa shape index (κ2) is 15.8. The number of alkyl carbamates (subject to hydrolysis) is 1. The molecule has 3 heterocycles. The number of aromatic nitrogens is 3. The number of nitrogens with one attached hydrogen (secondary N) is 2. The van der Waals surface area contributed by atoms with Crippen molar-refractivity contribution in [2.24, 2.45) is 11.7 Å². The third-order valence-corrected chi connectivity index (χ3v) is 9.15. The molecule has 0 aliphatic carbocycles. The van der Waals surface area contributed by atoms with E-state index in [0.717, 1.165) is 32.7 Å². The number of imidazole rings is 1. The first-order valence-electron chi connectivity index (χ1n) is 16.4. The Morgan fingerprint density at radius 1 is 1.00 bits per heavy atom. The Bertz CT molecular complexity index is 2040. The van der Waals surface area contributed by atoms with Gasteiger partial charge in [0.1, 0.15) is 52.1 Å². The van der Waals surface area contributed by atoms with Crippen LogP contribution in [0.4, 0.5) is 10.6 Å². The van der Waals surface area contributed by atoms with Crippen LogP contribution in [0.3, 0.4) is 0 Å². The molecule has 0 saturated carbocycles. The van der Waals surface area contributed by atoms with E-state index in [-0.39, 0.29) is 12.5 Å². The van der Waals surface area contributed by atoms with E-state index in [4.69, 9.17) is 31.5 Å². The lowest BCUT2D eigenvalue weighted by atomic mass is 10.1. The Hall–Kier alpha value is -5.14. The van der Waals surface area contributed by atoms with Gasteiger partial charge in [0.2, 0.25) is 0 Å². The van der Waals surface area contributed by atoms with Gasteiger partial charge in [-0.15, -0.1) is 11.3 Å². The summed E-state index contributed by atoms with van der Waals surface area (Å²) >= 11 is 7.59. The number of nitrogens with zero attached hydrogens (tertiary/aromatic N) is 3. The van der Waals surface area contributed by atoms with Crippen LogP contribution in [-0.2, 0) is 14.3 Å². The summed E-state index contributed by atoms with van der Waals surface area (Å²) in [7, 11) is 0. The van der Waals surface area contributed by atoms with E-state index in [1.807, 2.05) is 73.9 Å². The maximum Gasteiger partial charge on any atom is 0.408 e. The molecule has 2 atom stereocenters. The van der Waals surface area contributed by atoms with Crippen molar-refractivity contribution in [1.82, 2.24) is 19.9 Å². The standard InChI is InChI=1S/C37H41ClN6O6S/c1-21(2)32(43-36(47)50-37(4,5)6)35(46)48-16-15-41-30-18-24(13-14-40-30)23-11-12-28-27(17-23)42-20-44(28)31-19-29(33(51-31)34(39)45)49-22(3)25-9-7-8-10-26(25)38/h7-14,17-22,32H,15-16H2,1-6H3,(H2,39,45)(H,40,41)(H,43,47). The van der Waals surface area contributed by atoms with E-state index in [1.54, 1.807) is 45.4 Å². The zero-order chi connectivity index (χ0) is 36.9. The Balaban J connectivity index is 1.24. The van der Waals surface area contributed by atoms with Gasteiger partial charge in [0.15, 0.2) is 0 Å². The van der Waals surface area contributed by atoms with Crippen molar-refractivity contribution in [1.29, 1.82) is 0 Å². The Labute approximate surface area is 305 Å². The first kappa shape index (κ1) is 37.1. The Kier molecular flexibility index (Phi) is 11.5. The smallest absolute Gasteiger partial charge is 0.408 e. The third kappa shape index (κ3) is 9.35. The second-order valence-electron chi connectivity index (χ2n) is 13.1. The lowest BCUT2D eigenvalue weighted by Gasteiger charge is -2.24. The molecule has 0 fully saturated rings. The topological polar surface area (TPSA) is 160 Å². The molecule has 268 valence electrons. The average Bonchev–Trinajstić information content (AvgIpc) is 3.69. The molecule has 0 saturated heterocycles. The molecular weight excluding hydrogens is 692 g/mol. The molecule has 0 bridgehead atoms. The van der Waals surface area contributed by atoms with Gasteiger partial charge in [-0.05, 0) is 75.1 Å². The Morgan fingerprint density at radius 2 is 1.75 bits per heavy atom. The summed E-state index contributed by atoms with van der Waals surface area (Å²) in [5, 5.41) is 7.07. The van der Waals surface area contributed by atoms with Gasteiger partial charge in [-0.1, -0.05) is 49.7 Å². The zero-order valence-corrected chi connectivity index (χ0v) is 30.8. The fourth-order valence-corrected chi connectivity index (χ4v) is 6.44. The summed E-state index contributed by atoms with van der Waals surface area (Å²) in [5.41, 5.74) is 9.23. The minimum Gasteiger partial charge on any atom is -0.484 e. The van der Waals surface area contributed by atoms with Gasteiger partial charge in [0.25, 0.3) is 5.91 Å². The largest absolute Gasteiger partial charge is 0.484 e. The minimum atomic E-state index is -0.844. The number of ether oxygens (including phenoxy) is 3. The van der Waals surface area contributed by atoms with Crippen molar-refractivity contribution in [3.63, 3.8) is 0 Å². The summed E-state index contributed by atoms with van der Waals surface area (Å²) in [5.74, 6) is -0.363. The fourth-order valence-electron chi connectivity index (χ4n) is 5.23. The SMILES string of the molecule is CC(Oc1cc(-n2cnc3cc(-c4ccnc(NCCOC(=O)C(NC(=O)OC(C)(C)C)C(C)C)c4)ccc32)sc1C(N)=O)c1ccccc1Cl. The lowest BCUT2D eigenvalue weighted by molar-refractivity contribution is -0.147. The molecule has 4 N–H and O–H groups in total. The predicted octanol–water partition coefficient (Wildman–Crippen LogP) is 7.55. The van der Waals surface area contributed by atoms with Crippen LogP contribution in [0.15, 0.2) is 73.2 Å². The summed E-state index contributed by atoms with van der Waals surface area (Å²) in [6.07, 6.45) is 2.29. The highest BCUT2D eigenvalue weighted by atomic mass is 35.5. The number of esters is 1. The number of hydrogen-bond acceptors (Lipinski definition) is 10. The molecule has 12 nitrogen and oxygen atoms in total. The van der Waals surface area contributed by atoms with Crippen LogP contribution in [0.2, 0.25) is 5.02 Å². The van der Waals surface area contributed by atoms with E-state index in [1.165, 1.54) is 11.3 Å². The molecule has 0 radical (unpaired) electrons.